The molecule has 0 radical (unpaired) electrons. The molecule has 1 fully saturated rings. The molecule has 4 heteroatoms. The van der Waals surface area contributed by atoms with Crippen molar-refractivity contribution in [3.8, 4) is 0 Å². The molecular weight excluding hydrogens is 148 g/mol. The summed E-state index contributed by atoms with van der Waals surface area (Å²) in [5.74, 6) is 0. The highest BCUT2D eigenvalue weighted by atomic mass is 16.7. The zero-order chi connectivity index (χ0) is 8.53. The predicted molar refractivity (Wildman–Crippen MR) is 40.3 cm³/mol. The van der Waals surface area contributed by atoms with Crippen LogP contribution in [0.15, 0.2) is 0 Å². The second-order valence-corrected chi connectivity index (χ2v) is 2.24. The molecule has 1 saturated heterocycles. The summed E-state index contributed by atoms with van der Waals surface area (Å²) in [5.41, 5.74) is 0. The summed E-state index contributed by atoms with van der Waals surface area (Å²) in [6.45, 7) is 4.17. The van der Waals surface area contributed by atoms with Gasteiger partial charge in [-0.2, -0.15) is 0 Å². The lowest BCUT2D eigenvalue weighted by molar-refractivity contribution is 0.0692. The Morgan fingerprint density at radius 2 is 2.00 bits per heavy atom. The standard InChI is InChI=1S/C4H10O2.C3H6O2/c1-4(5)3-6-2;1-2-5-3-4-1/h4-5H,3H2,1-2H3;1-3H2. The van der Waals surface area contributed by atoms with Crippen LogP contribution in [0.3, 0.4) is 0 Å². The van der Waals surface area contributed by atoms with Crippen LogP contribution in [0.4, 0.5) is 0 Å². The third kappa shape index (κ3) is 9.84. The summed E-state index contributed by atoms with van der Waals surface area (Å²) < 4.78 is 14.0. The van der Waals surface area contributed by atoms with E-state index < -0.39 is 0 Å². The van der Waals surface area contributed by atoms with Crippen molar-refractivity contribution in [3.63, 3.8) is 0 Å². The summed E-state index contributed by atoms with van der Waals surface area (Å²) >= 11 is 0. The van der Waals surface area contributed by atoms with Gasteiger partial charge >= 0.3 is 0 Å². The summed E-state index contributed by atoms with van der Waals surface area (Å²) in [4.78, 5) is 0. The zero-order valence-electron chi connectivity index (χ0n) is 7.08. The van der Waals surface area contributed by atoms with Gasteiger partial charge in [-0.25, -0.2) is 0 Å². The third-order valence-corrected chi connectivity index (χ3v) is 0.947. The summed E-state index contributed by atoms with van der Waals surface area (Å²) in [5, 5.41) is 8.43. The molecule has 1 unspecified atom stereocenters. The first kappa shape index (κ1) is 10.8. The van der Waals surface area contributed by atoms with Crippen LogP contribution >= 0.6 is 0 Å². The highest BCUT2D eigenvalue weighted by molar-refractivity contribution is 4.36. The van der Waals surface area contributed by atoms with Crippen LogP contribution in [-0.4, -0.2) is 44.9 Å². The van der Waals surface area contributed by atoms with Crippen molar-refractivity contribution in [2.45, 2.75) is 13.0 Å². The molecule has 0 aromatic rings. The Kier molecular flexibility index (Phi) is 7.83. The Balaban J connectivity index is 0.000000183. The van der Waals surface area contributed by atoms with Crippen molar-refractivity contribution >= 4 is 0 Å². The first-order valence-electron chi connectivity index (χ1n) is 3.60. The molecule has 0 aromatic heterocycles. The lowest BCUT2D eigenvalue weighted by atomic mass is 10.5. The predicted octanol–water partition coefficient (Wildman–Crippen LogP) is 0.00430. The van der Waals surface area contributed by atoms with Gasteiger partial charge in [-0.15, -0.1) is 0 Å². The topological polar surface area (TPSA) is 47.9 Å². The Morgan fingerprint density at radius 1 is 1.45 bits per heavy atom. The maximum Gasteiger partial charge on any atom is 0.146 e. The summed E-state index contributed by atoms with van der Waals surface area (Å²) in [6.07, 6.45) is -0.324. The quantitative estimate of drug-likeness (QED) is 0.624. The molecule has 0 saturated carbocycles. The van der Waals surface area contributed by atoms with Gasteiger partial charge in [-0.3, -0.25) is 0 Å². The molecule has 4 nitrogen and oxygen atoms in total. The molecule has 0 spiro atoms. The number of rotatable bonds is 2. The smallest absolute Gasteiger partial charge is 0.146 e. The second kappa shape index (κ2) is 7.94. The van der Waals surface area contributed by atoms with Crippen LogP contribution in [0.5, 0.6) is 0 Å². The average molecular weight is 164 g/mol. The monoisotopic (exact) mass is 164 g/mol. The van der Waals surface area contributed by atoms with Crippen molar-refractivity contribution in [2.24, 2.45) is 0 Å². The number of hydrogen-bond donors (Lipinski definition) is 1. The molecule has 1 aliphatic heterocycles. The van der Waals surface area contributed by atoms with Gasteiger partial charge in [0.15, 0.2) is 0 Å². The van der Waals surface area contributed by atoms with Gasteiger partial charge in [0.05, 0.1) is 25.9 Å². The minimum Gasteiger partial charge on any atom is -0.391 e. The van der Waals surface area contributed by atoms with Crippen LogP contribution in [0, 0.1) is 0 Å². The van der Waals surface area contributed by atoms with Gasteiger partial charge in [0.1, 0.15) is 6.79 Å². The highest BCUT2D eigenvalue weighted by Gasteiger charge is 1.93. The second-order valence-electron chi connectivity index (χ2n) is 2.24. The summed E-state index contributed by atoms with van der Waals surface area (Å²) in [6, 6.07) is 0. The Bertz CT molecular complexity index is 63.2. The average Bonchev–Trinajstić information content (AvgIpc) is 2.41. The fourth-order valence-corrected chi connectivity index (χ4v) is 0.536. The highest BCUT2D eigenvalue weighted by Crippen LogP contribution is 1.85. The molecule has 11 heavy (non-hydrogen) atoms. The number of ether oxygens (including phenoxy) is 3. The van der Waals surface area contributed by atoms with Crippen molar-refractivity contribution < 1.29 is 19.3 Å². The lowest BCUT2D eigenvalue weighted by Crippen LogP contribution is -2.07. The van der Waals surface area contributed by atoms with Gasteiger partial charge < -0.3 is 19.3 Å². The largest absolute Gasteiger partial charge is 0.391 e. The van der Waals surface area contributed by atoms with E-state index in [-0.39, 0.29) is 6.10 Å². The first-order chi connectivity index (χ1) is 5.27. The molecule has 1 aliphatic rings. The molecule has 1 atom stereocenters. The number of aliphatic hydroxyl groups excluding tert-OH is 1. The van der Waals surface area contributed by atoms with E-state index in [0.717, 1.165) is 13.2 Å². The maximum atomic E-state index is 8.43. The van der Waals surface area contributed by atoms with E-state index >= 15 is 0 Å². The van der Waals surface area contributed by atoms with Gasteiger partial charge in [0.25, 0.3) is 0 Å². The molecule has 1 rings (SSSR count). The molecule has 1 heterocycles. The van der Waals surface area contributed by atoms with Crippen LogP contribution in [0.1, 0.15) is 6.92 Å². The normalized spacial score (nSPS) is 18.8. The van der Waals surface area contributed by atoms with Crippen molar-refractivity contribution in [2.75, 3.05) is 33.7 Å². The van der Waals surface area contributed by atoms with Crippen LogP contribution in [0.25, 0.3) is 0 Å². The zero-order valence-corrected chi connectivity index (χ0v) is 7.08. The van der Waals surface area contributed by atoms with Gasteiger partial charge in [-0.05, 0) is 6.92 Å². The van der Waals surface area contributed by atoms with E-state index in [2.05, 4.69) is 4.74 Å². The van der Waals surface area contributed by atoms with Crippen LogP contribution < -0.4 is 0 Å². The summed E-state index contributed by atoms with van der Waals surface area (Å²) in [7, 11) is 1.56. The van der Waals surface area contributed by atoms with Crippen LogP contribution in [-0.2, 0) is 14.2 Å². The number of hydrogen-bond acceptors (Lipinski definition) is 4. The van der Waals surface area contributed by atoms with Gasteiger partial charge in [-0.1, -0.05) is 0 Å². The van der Waals surface area contributed by atoms with E-state index in [9.17, 15) is 0 Å². The maximum absolute atomic E-state index is 8.43. The third-order valence-electron chi connectivity index (χ3n) is 0.947. The molecule has 68 valence electrons. The van der Waals surface area contributed by atoms with Crippen molar-refractivity contribution in [1.29, 1.82) is 0 Å². The fraction of sp³-hybridized carbons (Fsp3) is 1.00. The Hall–Kier alpha value is -0.160. The van der Waals surface area contributed by atoms with Crippen LogP contribution in [0.2, 0.25) is 0 Å². The van der Waals surface area contributed by atoms with E-state index in [1.165, 1.54) is 0 Å². The molecule has 1 N–H and O–H groups in total. The van der Waals surface area contributed by atoms with Crippen molar-refractivity contribution in [1.82, 2.24) is 0 Å². The van der Waals surface area contributed by atoms with E-state index in [1.807, 2.05) is 0 Å². The molecule has 0 aromatic carbocycles. The SMILES string of the molecule is C1COCO1.COCC(C)O. The first-order valence-corrected chi connectivity index (χ1v) is 3.60. The minimum absolute atomic E-state index is 0.324. The van der Waals surface area contributed by atoms with E-state index in [4.69, 9.17) is 14.6 Å². The van der Waals surface area contributed by atoms with E-state index in [0.29, 0.717) is 13.4 Å². The Labute approximate surface area is 67.1 Å². The number of aliphatic hydroxyl groups is 1. The van der Waals surface area contributed by atoms with Crippen molar-refractivity contribution in [3.05, 3.63) is 0 Å². The lowest BCUT2D eigenvalue weighted by Gasteiger charge is -1.97. The Morgan fingerprint density at radius 3 is 2.09 bits per heavy atom. The molecular formula is C7H16O4. The van der Waals surface area contributed by atoms with Gasteiger partial charge in [0, 0.05) is 7.11 Å². The van der Waals surface area contributed by atoms with Gasteiger partial charge in [0.2, 0.25) is 0 Å². The minimum atomic E-state index is -0.324. The molecule has 0 bridgehead atoms. The fourth-order valence-electron chi connectivity index (χ4n) is 0.536. The van der Waals surface area contributed by atoms with E-state index in [1.54, 1.807) is 14.0 Å². The molecule has 0 amide bonds. The molecule has 0 aliphatic carbocycles. The number of methoxy groups -OCH3 is 1.